The van der Waals surface area contributed by atoms with Crippen molar-refractivity contribution in [2.24, 2.45) is 0 Å². The number of hydrogen-bond acceptors (Lipinski definition) is 5. The van der Waals surface area contributed by atoms with E-state index < -0.39 is 5.82 Å². The van der Waals surface area contributed by atoms with Gasteiger partial charge in [-0.2, -0.15) is 9.64 Å². The number of hydrogen-bond donors (Lipinski definition) is 1. The van der Waals surface area contributed by atoms with E-state index in [2.05, 4.69) is 14.7 Å². The fourth-order valence-electron chi connectivity index (χ4n) is 1.15. The van der Waals surface area contributed by atoms with Crippen molar-refractivity contribution in [3.05, 3.63) is 35.4 Å². The lowest BCUT2D eigenvalue weighted by Gasteiger charge is -2.02. The number of rotatable bonds is 2. The van der Waals surface area contributed by atoms with Crippen molar-refractivity contribution < 1.29 is 4.39 Å². The van der Waals surface area contributed by atoms with Gasteiger partial charge >= 0.3 is 0 Å². The summed E-state index contributed by atoms with van der Waals surface area (Å²) in [6.45, 7) is 1.78. The van der Waals surface area contributed by atoms with Gasteiger partial charge in [-0.05, 0) is 25.1 Å². The minimum Gasteiger partial charge on any atom is -0.330 e. The van der Waals surface area contributed by atoms with Crippen LogP contribution in [0.5, 0.6) is 0 Å². The highest BCUT2D eigenvalue weighted by Crippen LogP contribution is 2.20. The zero-order valence-corrected chi connectivity index (χ0v) is 9.18. The standard InChI is InChI=1S/C10H7FN4S/c1-6-13-10(16-15-6)14-8-3-2-7(5-12)9(11)4-8/h2-4H,1H3,(H,13,14,15). The third kappa shape index (κ3) is 2.15. The van der Waals surface area contributed by atoms with Crippen molar-refractivity contribution in [2.45, 2.75) is 6.92 Å². The summed E-state index contributed by atoms with van der Waals surface area (Å²) in [4.78, 5) is 4.09. The Morgan fingerprint density at radius 2 is 2.31 bits per heavy atom. The lowest BCUT2D eigenvalue weighted by atomic mass is 10.2. The van der Waals surface area contributed by atoms with Crippen molar-refractivity contribution in [2.75, 3.05) is 5.32 Å². The molecule has 1 heterocycles. The normalized spacial score (nSPS) is 9.81. The lowest BCUT2D eigenvalue weighted by molar-refractivity contribution is 0.624. The zero-order chi connectivity index (χ0) is 11.5. The first-order chi connectivity index (χ1) is 7.69. The molecule has 1 aromatic heterocycles. The number of aryl methyl sites for hydroxylation is 1. The Balaban J connectivity index is 2.23. The van der Waals surface area contributed by atoms with E-state index in [0.717, 1.165) is 0 Å². The van der Waals surface area contributed by atoms with Gasteiger partial charge in [-0.25, -0.2) is 9.37 Å². The van der Waals surface area contributed by atoms with E-state index in [0.29, 0.717) is 16.6 Å². The van der Waals surface area contributed by atoms with E-state index in [1.807, 2.05) is 0 Å². The van der Waals surface area contributed by atoms with Gasteiger partial charge in [0.2, 0.25) is 5.13 Å². The molecular formula is C10H7FN4S. The minimum atomic E-state index is -0.547. The highest BCUT2D eigenvalue weighted by atomic mass is 32.1. The maximum atomic E-state index is 13.3. The van der Waals surface area contributed by atoms with Crippen LogP contribution in [-0.4, -0.2) is 9.36 Å². The van der Waals surface area contributed by atoms with Gasteiger partial charge in [0.25, 0.3) is 0 Å². The lowest BCUT2D eigenvalue weighted by Crippen LogP contribution is -1.92. The van der Waals surface area contributed by atoms with E-state index in [-0.39, 0.29) is 5.56 Å². The fourth-order valence-corrected chi connectivity index (χ4v) is 1.75. The molecule has 16 heavy (non-hydrogen) atoms. The first-order valence-corrected chi connectivity index (χ1v) is 5.23. The van der Waals surface area contributed by atoms with Crippen LogP contribution in [0.2, 0.25) is 0 Å². The first-order valence-electron chi connectivity index (χ1n) is 4.46. The summed E-state index contributed by atoms with van der Waals surface area (Å²) in [6.07, 6.45) is 0. The molecule has 0 radical (unpaired) electrons. The summed E-state index contributed by atoms with van der Waals surface area (Å²) in [5.41, 5.74) is 0.576. The molecule has 0 bridgehead atoms. The first kappa shape index (κ1) is 10.5. The van der Waals surface area contributed by atoms with Crippen molar-refractivity contribution in [1.29, 1.82) is 5.26 Å². The fraction of sp³-hybridized carbons (Fsp3) is 0.100. The molecule has 80 valence electrons. The molecule has 0 fully saturated rings. The number of nitriles is 1. The monoisotopic (exact) mass is 234 g/mol. The molecule has 4 nitrogen and oxygen atoms in total. The van der Waals surface area contributed by atoms with Crippen LogP contribution in [0.3, 0.4) is 0 Å². The van der Waals surface area contributed by atoms with Gasteiger partial charge in [0.1, 0.15) is 17.7 Å². The maximum Gasteiger partial charge on any atom is 0.207 e. The Hall–Kier alpha value is -2.00. The van der Waals surface area contributed by atoms with Crippen LogP contribution in [0.1, 0.15) is 11.4 Å². The molecule has 0 aliphatic heterocycles. The van der Waals surface area contributed by atoms with E-state index in [4.69, 9.17) is 5.26 Å². The molecule has 0 aliphatic rings. The maximum absolute atomic E-state index is 13.3. The molecule has 1 aromatic carbocycles. The third-order valence-electron chi connectivity index (χ3n) is 1.87. The molecule has 0 amide bonds. The summed E-state index contributed by atoms with van der Waals surface area (Å²) in [6, 6.07) is 6.07. The zero-order valence-electron chi connectivity index (χ0n) is 8.36. The number of halogens is 1. The summed E-state index contributed by atoms with van der Waals surface area (Å²) < 4.78 is 17.3. The van der Waals surface area contributed by atoms with Gasteiger partial charge in [-0.15, -0.1) is 0 Å². The predicted octanol–water partition coefficient (Wildman–Crippen LogP) is 2.60. The molecular weight excluding hydrogens is 227 g/mol. The number of anilines is 2. The van der Waals surface area contributed by atoms with Crippen LogP contribution < -0.4 is 5.32 Å². The van der Waals surface area contributed by atoms with E-state index in [1.54, 1.807) is 19.1 Å². The molecule has 2 aromatic rings. The van der Waals surface area contributed by atoms with Gasteiger partial charge < -0.3 is 5.32 Å². The van der Waals surface area contributed by atoms with E-state index in [9.17, 15) is 4.39 Å². The predicted molar refractivity (Wildman–Crippen MR) is 59.0 cm³/mol. The SMILES string of the molecule is Cc1nsc(Nc2ccc(C#N)c(F)c2)n1. The Kier molecular flexibility index (Phi) is 2.79. The van der Waals surface area contributed by atoms with Crippen LogP contribution in [0, 0.1) is 24.1 Å². The van der Waals surface area contributed by atoms with E-state index in [1.165, 1.54) is 23.7 Å². The average molecular weight is 234 g/mol. The molecule has 0 spiro atoms. The summed E-state index contributed by atoms with van der Waals surface area (Å²) >= 11 is 1.20. The number of benzene rings is 1. The smallest absolute Gasteiger partial charge is 0.207 e. The molecule has 0 aliphatic carbocycles. The number of nitrogens with zero attached hydrogens (tertiary/aromatic N) is 3. The summed E-state index contributed by atoms with van der Waals surface area (Å²) in [5.74, 6) is 0.121. The number of nitrogens with one attached hydrogen (secondary N) is 1. The molecule has 1 N–H and O–H groups in total. The van der Waals surface area contributed by atoms with Crippen LogP contribution in [-0.2, 0) is 0 Å². The van der Waals surface area contributed by atoms with Crippen molar-refractivity contribution >= 4 is 22.4 Å². The topological polar surface area (TPSA) is 61.6 Å². The van der Waals surface area contributed by atoms with Gasteiger partial charge in [0.05, 0.1) is 5.56 Å². The van der Waals surface area contributed by atoms with Gasteiger partial charge in [0.15, 0.2) is 0 Å². The Morgan fingerprint density at radius 3 is 2.88 bits per heavy atom. The van der Waals surface area contributed by atoms with Crippen LogP contribution in [0.4, 0.5) is 15.2 Å². The van der Waals surface area contributed by atoms with Gasteiger partial charge in [-0.3, -0.25) is 0 Å². The average Bonchev–Trinajstić information content (AvgIpc) is 2.64. The largest absolute Gasteiger partial charge is 0.330 e. The second-order valence-electron chi connectivity index (χ2n) is 3.08. The van der Waals surface area contributed by atoms with Crippen molar-refractivity contribution in [3.63, 3.8) is 0 Å². The highest BCUT2D eigenvalue weighted by Gasteiger charge is 2.04. The second kappa shape index (κ2) is 4.24. The van der Waals surface area contributed by atoms with Crippen molar-refractivity contribution in [1.82, 2.24) is 9.36 Å². The van der Waals surface area contributed by atoms with Crippen LogP contribution in [0.25, 0.3) is 0 Å². The Bertz CT molecular complexity index is 558. The molecule has 0 saturated carbocycles. The molecule has 0 unspecified atom stereocenters. The summed E-state index contributed by atoms with van der Waals surface area (Å²) in [7, 11) is 0. The molecule has 6 heteroatoms. The minimum absolute atomic E-state index is 0.0268. The highest BCUT2D eigenvalue weighted by molar-refractivity contribution is 7.09. The quantitative estimate of drug-likeness (QED) is 0.867. The molecule has 2 rings (SSSR count). The van der Waals surface area contributed by atoms with Gasteiger partial charge in [-0.1, -0.05) is 0 Å². The Morgan fingerprint density at radius 1 is 1.50 bits per heavy atom. The van der Waals surface area contributed by atoms with E-state index >= 15 is 0 Å². The second-order valence-corrected chi connectivity index (χ2v) is 3.83. The third-order valence-corrected chi connectivity index (χ3v) is 2.59. The van der Waals surface area contributed by atoms with Gasteiger partial charge in [0, 0.05) is 17.2 Å². The Labute approximate surface area is 95.5 Å². The summed E-state index contributed by atoms with van der Waals surface area (Å²) in [5, 5.41) is 12.1. The van der Waals surface area contributed by atoms with Crippen LogP contribution >= 0.6 is 11.5 Å². The molecule has 0 saturated heterocycles. The molecule has 0 atom stereocenters. The van der Waals surface area contributed by atoms with Crippen molar-refractivity contribution in [3.8, 4) is 6.07 Å². The van der Waals surface area contributed by atoms with Crippen LogP contribution in [0.15, 0.2) is 18.2 Å². The number of aromatic nitrogens is 2.